The van der Waals surface area contributed by atoms with Gasteiger partial charge < -0.3 is 33.8 Å². The molecule has 0 bridgehead atoms. The van der Waals surface area contributed by atoms with Gasteiger partial charge in [-0.25, -0.2) is 9.13 Å². The van der Waals surface area contributed by atoms with Gasteiger partial charge in [0.25, 0.3) is 0 Å². The van der Waals surface area contributed by atoms with Crippen LogP contribution in [-0.2, 0) is 65.4 Å². The van der Waals surface area contributed by atoms with Gasteiger partial charge in [0.05, 0.1) is 26.4 Å². The number of ether oxygens (including phenoxy) is 4. The Bertz CT molecular complexity index is 2230. The smallest absolute Gasteiger partial charge is 0.462 e. The number of aliphatic hydroxyl groups is 1. The standard InChI is InChI=1S/C81H144O17P2/c1-5-9-13-17-21-25-29-33-37-41-45-49-53-57-61-65-78(83)91-71-76(97-80(85)67-63-59-55-51-47-43-39-35-31-27-23-19-15-11-7-3)73-95-99(87,88)93-69-75(82)70-94-100(89,90)96-74-77(98-81(86)68-64-60-56-52-48-44-40-36-32-28-24-20-16-12-8-4)72-92-79(84)66-62-58-54-50-46-42-38-34-30-26-22-18-14-10-6-2/h9,13,21,25,33-40,45,49,75-77,82H,5-8,10-12,14-20,22-24,26-32,41-44,46-48,50-74H2,1-4H3,(H,87,88)(H,89,90)/b13-9-,25-21-,37-33-,38-34-,39-35-,40-36-,49-45-. The summed E-state index contributed by atoms with van der Waals surface area (Å²) in [7, 11) is -9.96. The molecule has 0 heterocycles. The summed E-state index contributed by atoms with van der Waals surface area (Å²) in [5, 5.41) is 10.6. The largest absolute Gasteiger partial charge is 0.472 e. The SMILES string of the molecule is CC/C=C\C/C=C\C/C=C\C/C=C\CCCCC(=O)OCC(COP(=O)(O)OCC(O)COP(=O)(O)OCC(COC(=O)CCCCCCC/C=C\CCCCCCCC)OC(=O)CCCCCCC/C=C\CCCCCCCC)OC(=O)CCCCCCC/C=C\CCCCCCCC. The van der Waals surface area contributed by atoms with E-state index < -0.39 is 97.5 Å². The van der Waals surface area contributed by atoms with Crippen LogP contribution in [0.15, 0.2) is 85.1 Å². The van der Waals surface area contributed by atoms with Gasteiger partial charge in [-0.2, -0.15) is 0 Å². The molecule has 5 unspecified atom stereocenters. The van der Waals surface area contributed by atoms with Gasteiger partial charge in [-0.15, -0.1) is 0 Å². The summed E-state index contributed by atoms with van der Waals surface area (Å²) in [5.74, 6) is -2.23. The highest BCUT2D eigenvalue weighted by atomic mass is 31.2. The van der Waals surface area contributed by atoms with E-state index in [2.05, 4.69) is 113 Å². The van der Waals surface area contributed by atoms with Crippen LogP contribution in [0.2, 0.25) is 0 Å². The fourth-order valence-corrected chi connectivity index (χ4v) is 12.3. The molecule has 0 aromatic heterocycles. The maximum atomic E-state index is 13.1. The zero-order valence-corrected chi connectivity index (χ0v) is 65.2. The number of hydrogen-bond donors (Lipinski definition) is 3. The molecule has 0 fully saturated rings. The van der Waals surface area contributed by atoms with Gasteiger partial charge >= 0.3 is 39.5 Å². The fourth-order valence-electron chi connectivity index (χ4n) is 10.7. The van der Waals surface area contributed by atoms with E-state index in [4.69, 9.17) is 37.0 Å². The molecule has 3 N–H and O–H groups in total. The number of aliphatic hydroxyl groups excluding tert-OH is 1. The molecule has 0 aromatic rings. The average molecular weight is 1450 g/mol. The second-order valence-corrected chi connectivity index (χ2v) is 29.5. The lowest BCUT2D eigenvalue weighted by molar-refractivity contribution is -0.161. The maximum Gasteiger partial charge on any atom is 0.472 e. The molecule has 5 atom stereocenters. The number of esters is 4. The van der Waals surface area contributed by atoms with Gasteiger partial charge in [-0.1, -0.05) is 267 Å². The number of rotatable bonds is 75. The van der Waals surface area contributed by atoms with Crippen LogP contribution in [0, 0.1) is 0 Å². The van der Waals surface area contributed by atoms with Gasteiger partial charge in [-0.3, -0.25) is 37.3 Å². The quantitative estimate of drug-likeness (QED) is 0.0169. The van der Waals surface area contributed by atoms with Gasteiger partial charge in [0.1, 0.15) is 19.3 Å². The fraction of sp³-hybridized carbons (Fsp3) is 0.778. The van der Waals surface area contributed by atoms with Gasteiger partial charge in [0, 0.05) is 25.7 Å². The molecule has 0 aliphatic heterocycles. The zero-order valence-electron chi connectivity index (χ0n) is 63.4. The summed E-state index contributed by atoms with van der Waals surface area (Å²) < 4.78 is 68.5. The van der Waals surface area contributed by atoms with E-state index in [1.165, 1.54) is 116 Å². The molecule has 100 heavy (non-hydrogen) atoms. The Balaban J connectivity index is 5.39. The molecule has 580 valence electrons. The minimum absolute atomic E-state index is 0.0769. The van der Waals surface area contributed by atoms with Crippen molar-refractivity contribution in [3.05, 3.63) is 85.1 Å². The van der Waals surface area contributed by atoms with E-state index in [0.717, 1.165) is 154 Å². The third-order valence-electron chi connectivity index (χ3n) is 16.8. The van der Waals surface area contributed by atoms with Gasteiger partial charge in [0.15, 0.2) is 12.2 Å². The Morgan fingerprint density at radius 2 is 0.520 bits per heavy atom. The van der Waals surface area contributed by atoms with Crippen LogP contribution >= 0.6 is 15.6 Å². The number of hydrogen-bond acceptors (Lipinski definition) is 15. The Hall–Kier alpha value is -3.76. The Morgan fingerprint density at radius 3 is 0.830 bits per heavy atom. The van der Waals surface area contributed by atoms with Crippen LogP contribution in [0.1, 0.15) is 349 Å². The van der Waals surface area contributed by atoms with E-state index in [1.807, 2.05) is 0 Å². The van der Waals surface area contributed by atoms with E-state index in [9.17, 15) is 43.2 Å². The van der Waals surface area contributed by atoms with E-state index in [0.29, 0.717) is 25.7 Å². The van der Waals surface area contributed by atoms with Crippen LogP contribution in [0.25, 0.3) is 0 Å². The molecule has 19 heteroatoms. The highest BCUT2D eigenvalue weighted by Gasteiger charge is 2.30. The third kappa shape index (κ3) is 72.6. The second-order valence-electron chi connectivity index (χ2n) is 26.6. The lowest BCUT2D eigenvalue weighted by Crippen LogP contribution is -2.30. The molecule has 0 aliphatic rings. The van der Waals surface area contributed by atoms with Crippen molar-refractivity contribution < 1.29 is 80.2 Å². The Labute approximate surface area is 608 Å². The number of phosphoric acid groups is 2. The van der Waals surface area contributed by atoms with Crippen LogP contribution in [0.5, 0.6) is 0 Å². The molecule has 0 rings (SSSR count). The Morgan fingerprint density at radius 1 is 0.290 bits per heavy atom. The van der Waals surface area contributed by atoms with E-state index in [1.54, 1.807) is 0 Å². The van der Waals surface area contributed by atoms with Crippen molar-refractivity contribution in [1.82, 2.24) is 0 Å². The van der Waals surface area contributed by atoms with Crippen molar-refractivity contribution >= 4 is 39.5 Å². The molecule has 0 saturated carbocycles. The summed E-state index contributed by atoms with van der Waals surface area (Å²) in [5.41, 5.74) is 0. The predicted molar refractivity (Wildman–Crippen MR) is 409 cm³/mol. The molecule has 0 aromatic carbocycles. The van der Waals surface area contributed by atoms with Crippen molar-refractivity contribution in [2.75, 3.05) is 39.6 Å². The Kier molecular flexibility index (Phi) is 70.8. The number of carbonyl (C=O) groups is 4. The molecule has 0 aliphatic carbocycles. The topological polar surface area (TPSA) is 237 Å². The first kappa shape index (κ1) is 96.2. The lowest BCUT2D eigenvalue weighted by Gasteiger charge is -2.21. The van der Waals surface area contributed by atoms with Crippen LogP contribution in [0.4, 0.5) is 0 Å². The van der Waals surface area contributed by atoms with Gasteiger partial charge in [-0.05, 0) is 141 Å². The first-order valence-electron chi connectivity index (χ1n) is 39.8. The summed E-state index contributed by atoms with van der Waals surface area (Å²) in [6.45, 7) is 4.72. The van der Waals surface area contributed by atoms with Crippen molar-refractivity contribution in [1.29, 1.82) is 0 Å². The second kappa shape index (κ2) is 73.5. The predicted octanol–water partition coefficient (Wildman–Crippen LogP) is 23.0. The minimum Gasteiger partial charge on any atom is -0.462 e. The molecule has 0 amide bonds. The number of unbranched alkanes of at least 4 members (excludes halogenated alkanes) is 35. The average Bonchev–Trinajstić information content (AvgIpc) is 1.01. The van der Waals surface area contributed by atoms with Crippen LogP contribution in [-0.4, -0.2) is 96.7 Å². The molecule has 0 radical (unpaired) electrons. The molecule has 0 spiro atoms. The van der Waals surface area contributed by atoms with Crippen molar-refractivity contribution in [3.8, 4) is 0 Å². The maximum absolute atomic E-state index is 13.1. The highest BCUT2D eigenvalue weighted by molar-refractivity contribution is 7.47. The number of allylic oxidation sites excluding steroid dienone is 14. The first-order chi connectivity index (χ1) is 48.7. The van der Waals surface area contributed by atoms with Crippen LogP contribution < -0.4 is 0 Å². The van der Waals surface area contributed by atoms with E-state index in [-0.39, 0.29) is 25.7 Å². The number of phosphoric ester groups is 2. The lowest BCUT2D eigenvalue weighted by atomic mass is 10.1. The first-order valence-corrected chi connectivity index (χ1v) is 42.8. The molecule has 0 saturated heterocycles. The summed E-state index contributed by atoms with van der Waals surface area (Å²) in [6.07, 6.45) is 75.6. The van der Waals surface area contributed by atoms with Crippen molar-refractivity contribution in [2.45, 2.75) is 367 Å². The zero-order chi connectivity index (χ0) is 73.2. The van der Waals surface area contributed by atoms with E-state index >= 15 is 0 Å². The molecule has 17 nitrogen and oxygen atoms in total. The van der Waals surface area contributed by atoms with Crippen molar-refractivity contribution in [2.24, 2.45) is 0 Å². The summed E-state index contributed by atoms with van der Waals surface area (Å²) >= 11 is 0. The molecular weight excluding hydrogens is 1310 g/mol. The normalized spacial score (nSPS) is 14.3. The highest BCUT2D eigenvalue weighted by Crippen LogP contribution is 2.45. The number of carbonyl (C=O) groups excluding carboxylic acids is 4. The summed E-state index contributed by atoms with van der Waals surface area (Å²) in [6, 6.07) is 0. The minimum atomic E-state index is -4.98. The third-order valence-corrected chi connectivity index (χ3v) is 18.7. The summed E-state index contributed by atoms with van der Waals surface area (Å²) in [4.78, 5) is 72.9. The van der Waals surface area contributed by atoms with Crippen molar-refractivity contribution in [3.63, 3.8) is 0 Å². The van der Waals surface area contributed by atoms with Gasteiger partial charge in [0.2, 0.25) is 0 Å². The van der Waals surface area contributed by atoms with Crippen LogP contribution in [0.3, 0.4) is 0 Å². The monoisotopic (exact) mass is 1450 g/mol. The molecular formula is C81H144O17P2.